The number of likely N-dealkylation sites (tertiary alicyclic amines) is 1. The first-order valence-electron chi connectivity index (χ1n) is 6.85. The van der Waals surface area contributed by atoms with Crippen molar-refractivity contribution in [3.05, 3.63) is 11.7 Å². The molecule has 2 heterocycles. The van der Waals surface area contributed by atoms with Gasteiger partial charge in [-0.05, 0) is 24.7 Å². The van der Waals surface area contributed by atoms with Gasteiger partial charge in [0.25, 0.3) is 0 Å². The summed E-state index contributed by atoms with van der Waals surface area (Å²) in [5.41, 5.74) is 6.31. The molecule has 1 aliphatic heterocycles. The Hall–Kier alpha value is -0.940. The van der Waals surface area contributed by atoms with Crippen molar-refractivity contribution in [2.75, 3.05) is 13.1 Å². The van der Waals surface area contributed by atoms with Crippen molar-refractivity contribution in [3.8, 4) is 0 Å². The normalized spacial score (nSPS) is 28.5. The molecule has 5 heteroatoms. The van der Waals surface area contributed by atoms with Gasteiger partial charge in [-0.1, -0.05) is 19.0 Å². The van der Waals surface area contributed by atoms with E-state index in [9.17, 15) is 0 Å². The molecule has 2 N–H and O–H groups in total. The topological polar surface area (TPSA) is 68.2 Å². The van der Waals surface area contributed by atoms with Gasteiger partial charge in [-0.15, -0.1) is 0 Å². The van der Waals surface area contributed by atoms with Gasteiger partial charge in [0.05, 0.1) is 6.54 Å². The predicted molar refractivity (Wildman–Crippen MR) is 67.9 cm³/mol. The molecule has 0 radical (unpaired) electrons. The van der Waals surface area contributed by atoms with E-state index < -0.39 is 0 Å². The second-order valence-corrected chi connectivity index (χ2v) is 6.42. The Morgan fingerprint density at radius 1 is 1.39 bits per heavy atom. The second kappa shape index (κ2) is 4.31. The molecule has 3 rings (SSSR count). The lowest BCUT2D eigenvalue weighted by Gasteiger charge is -2.42. The molecule has 0 bridgehead atoms. The molecule has 2 aliphatic rings. The van der Waals surface area contributed by atoms with Gasteiger partial charge in [0.15, 0.2) is 5.82 Å². The predicted octanol–water partition coefficient (Wildman–Crippen LogP) is 1.51. The van der Waals surface area contributed by atoms with Gasteiger partial charge in [0.2, 0.25) is 5.89 Å². The van der Waals surface area contributed by atoms with Crippen LogP contribution in [0.4, 0.5) is 0 Å². The third-order valence-electron chi connectivity index (χ3n) is 4.17. The van der Waals surface area contributed by atoms with Crippen LogP contribution in [0.25, 0.3) is 0 Å². The van der Waals surface area contributed by atoms with E-state index in [2.05, 4.69) is 28.9 Å². The number of piperidine rings is 1. The van der Waals surface area contributed by atoms with Crippen molar-refractivity contribution in [1.29, 1.82) is 0 Å². The average Bonchev–Trinajstić information content (AvgIpc) is 3.05. The highest BCUT2D eigenvalue weighted by Crippen LogP contribution is 2.39. The molecule has 100 valence electrons. The van der Waals surface area contributed by atoms with Crippen LogP contribution in [0.5, 0.6) is 0 Å². The van der Waals surface area contributed by atoms with Crippen molar-refractivity contribution < 1.29 is 4.52 Å². The van der Waals surface area contributed by atoms with Crippen LogP contribution in [0.1, 0.15) is 50.7 Å². The van der Waals surface area contributed by atoms with E-state index >= 15 is 0 Å². The monoisotopic (exact) mass is 250 g/mol. The van der Waals surface area contributed by atoms with Crippen LogP contribution in [-0.2, 0) is 6.54 Å². The Morgan fingerprint density at radius 2 is 2.17 bits per heavy atom. The van der Waals surface area contributed by atoms with Gasteiger partial charge in [-0.25, -0.2) is 0 Å². The van der Waals surface area contributed by atoms with Crippen molar-refractivity contribution in [1.82, 2.24) is 15.0 Å². The van der Waals surface area contributed by atoms with Crippen LogP contribution in [-0.4, -0.2) is 34.2 Å². The molecule has 1 saturated heterocycles. The Kier molecular flexibility index (Phi) is 2.90. The van der Waals surface area contributed by atoms with Crippen LogP contribution in [0, 0.1) is 5.41 Å². The fourth-order valence-corrected chi connectivity index (χ4v) is 2.65. The summed E-state index contributed by atoms with van der Waals surface area (Å²) >= 11 is 0. The summed E-state index contributed by atoms with van der Waals surface area (Å²) in [6, 6.07) is 0.293. The van der Waals surface area contributed by atoms with E-state index in [4.69, 9.17) is 10.3 Å². The summed E-state index contributed by atoms with van der Waals surface area (Å²) in [6.45, 7) is 7.27. The van der Waals surface area contributed by atoms with E-state index in [-0.39, 0.29) is 5.41 Å². The van der Waals surface area contributed by atoms with Gasteiger partial charge in [-0.3, -0.25) is 4.90 Å². The number of nitrogens with zero attached hydrogens (tertiary/aromatic N) is 3. The first-order chi connectivity index (χ1) is 8.54. The highest BCUT2D eigenvalue weighted by Gasteiger charge is 2.34. The maximum absolute atomic E-state index is 6.14. The van der Waals surface area contributed by atoms with Crippen LogP contribution < -0.4 is 5.73 Å². The standard InChI is InChI=1S/C13H22N4O/c1-13(2)8-17(6-5-10(13)14)7-11-15-12(18-16-11)9-3-4-9/h9-10H,3-8,14H2,1-2H3. The van der Waals surface area contributed by atoms with Crippen molar-refractivity contribution in [2.45, 2.75) is 51.6 Å². The van der Waals surface area contributed by atoms with Gasteiger partial charge in [0, 0.05) is 25.0 Å². The molecule has 2 fully saturated rings. The summed E-state index contributed by atoms with van der Waals surface area (Å²) in [5, 5.41) is 4.08. The number of hydrogen-bond acceptors (Lipinski definition) is 5. The van der Waals surface area contributed by atoms with Crippen molar-refractivity contribution >= 4 is 0 Å². The zero-order chi connectivity index (χ0) is 12.8. The van der Waals surface area contributed by atoms with Gasteiger partial charge < -0.3 is 10.3 Å². The zero-order valence-electron chi connectivity index (χ0n) is 11.2. The molecule has 5 nitrogen and oxygen atoms in total. The molecule has 1 aromatic rings. The zero-order valence-corrected chi connectivity index (χ0v) is 11.2. The third kappa shape index (κ3) is 2.42. The van der Waals surface area contributed by atoms with Crippen molar-refractivity contribution in [3.63, 3.8) is 0 Å². The Balaban J connectivity index is 1.61. The minimum atomic E-state index is 0.168. The van der Waals surface area contributed by atoms with E-state index in [0.29, 0.717) is 12.0 Å². The van der Waals surface area contributed by atoms with Gasteiger partial charge in [0.1, 0.15) is 0 Å². The Morgan fingerprint density at radius 3 is 2.83 bits per heavy atom. The Labute approximate surface area is 108 Å². The fourth-order valence-electron chi connectivity index (χ4n) is 2.65. The van der Waals surface area contributed by atoms with Crippen LogP contribution in [0.2, 0.25) is 0 Å². The number of rotatable bonds is 3. The fraction of sp³-hybridized carbons (Fsp3) is 0.846. The molecule has 0 amide bonds. The van der Waals surface area contributed by atoms with E-state index in [1.54, 1.807) is 0 Å². The lowest BCUT2D eigenvalue weighted by Crippen LogP contribution is -2.52. The summed E-state index contributed by atoms with van der Waals surface area (Å²) in [6.07, 6.45) is 3.45. The first-order valence-corrected chi connectivity index (χ1v) is 6.85. The van der Waals surface area contributed by atoms with Crippen LogP contribution >= 0.6 is 0 Å². The minimum absolute atomic E-state index is 0.168. The highest BCUT2D eigenvalue weighted by atomic mass is 16.5. The van der Waals surface area contributed by atoms with Crippen LogP contribution in [0.15, 0.2) is 4.52 Å². The Bertz CT molecular complexity index is 424. The largest absolute Gasteiger partial charge is 0.339 e. The summed E-state index contributed by atoms with van der Waals surface area (Å²) < 4.78 is 5.29. The van der Waals surface area contributed by atoms with Gasteiger partial charge >= 0.3 is 0 Å². The van der Waals surface area contributed by atoms with Crippen LogP contribution in [0.3, 0.4) is 0 Å². The molecular formula is C13H22N4O. The third-order valence-corrected chi connectivity index (χ3v) is 4.17. The molecule has 1 aliphatic carbocycles. The number of aromatic nitrogens is 2. The highest BCUT2D eigenvalue weighted by molar-refractivity contribution is 5.02. The molecule has 1 unspecified atom stereocenters. The lowest BCUT2D eigenvalue weighted by atomic mass is 9.80. The molecule has 1 atom stereocenters. The van der Waals surface area contributed by atoms with E-state index in [0.717, 1.165) is 37.8 Å². The summed E-state index contributed by atoms with van der Waals surface area (Å²) in [4.78, 5) is 6.86. The maximum Gasteiger partial charge on any atom is 0.229 e. The SMILES string of the molecule is CC1(C)CN(Cc2noc(C3CC3)n2)CCC1N. The summed E-state index contributed by atoms with van der Waals surface area (Å²) in [5.74, 6) is 2.19. The first kappa shape index (κ1) is 12.1. The lowest BCUT2D eigenvalue weighted by molar-refractivity contribution is 0.0872. The molecule has 1 saturated carbocycles. The average molecular weight is 250 g/mol. The summed E-state index contributed by atoms with van der Waals surface area (Å²) in [7, 11) is 0. The molecule has 18 heavy (non-hydrogen) atoms. The van der Waals surface area contributed by atoms with E-state index in [1.165, 1.54) is 12.8 Å². The molecule has 0 aromatic carbocycles. The molecular weight excluding hydrogens is 228 g/mol. The quantitative estimate of drug-likeness (QED) is 0.880. The minimum Gasteiger partial charge on any atom is -0.339 e. The molecule has 1 aromatic heterocycles. The number of hydrogen-bond donors (Lipinski definition) is 1. The molecule has 0 spiro atoms. The van der Waals surface area contributed by atoms with Gasteiger partial charge in [-0.2, -0.15) is 4.98 Å². The smallest absolute Gasteiger partial charge is 0.229 e. The maximum atomic E-state index is 6.14. The van der Waals surface area contributed by atoms with E-state index in [1.807, 2.05) is 0 Å². The van der Waals surface area contributed by atoms with Crippen molar-refractivity contribution in [2.24, 2.45) is 11.1 Å². The second-order valence-electron chi connectivity index (χ2n) is 6.42. The number of nitrogens with two attached hydrogens (primary N) is 1.